The van der Waals surface area contributed by atoms with Crippen molar-refractivity contribution in [3.8, 4) is 0 Å². The van der Waals surface area contributed by atoms with Crippen molar-refractivity contribution < 1.29 is 51.6 Å². The number of amides is 2. The second-order valence-electron chi connectivity index (χ2n) is 6.41. The van der Waals surface area contributed by atoms with Crippen molar-refractivity contribution in [1.82, 2.24) is 4.90 Å². The number of rotatable bonds is 6. The fraction of sp³-hybridized carbons (Fsp3) is 0.688. The average molecular weight is 437 g/mol. The molecule has 0 radical (unpaired) electrons. The zero-order valence-electron chi connectivity index (χ0n) is 16.5. The van der Waals surface area contributed by atoms with Crippen LogP contribution in [0.3, 0.4) is 0 Å². The van der Waals surface area contributed by atoms with Crippen LogP contribution in [0.1, 0.15) is 20.8 Å². The van der Waals surface area contributed by atoms with Gasteiger partial charge in [-0.2, -0.15) is 13.8 Å². The van der Waals surface area contributed by atoms with E-state index in [0.717, 1.165) is 27.9 Å². The van der Waals surface area contributed by atoms with Gasteiger partial charge < -0.3 is 29.4 Å². The zero-order chi connectivity index (χ0) is 22.8. The van der Waals surface area contributed by atoms with Gasteiger partial charge in [-0.15, -0.1) is 0 Å². The monoisotopic (exact) mass is 437 g/mol. The van der Waals surface area contributed by atoms with Crippen molar-refractivity contribution in [3.63, 3.8) is 0 Å². The van der Waals surface area contributed by atoms with Crippen LogP contribution in [-0.4, -0.2) is 85.1 Å². The van der Waals surface area contributed by atoms with Crippen LogP contribution >= 0.6 is 0 Å². The molecule has 2 N–H and O–H groups in total. The van der Waals surface area contributed by atoms with Crippen molar-refractivity contribution in [3.05, 3.63) is 0 Å². The minimum absolute atomic E-state index is 0.383. The fourth-order valence-corrected chi connectivity index (χ4v) is 3.06. The summed E-state index contributed by atoms with van der Waals surface area (Å²) in [5.74, 6) is -7.59. The van der Waals surface area contributed by atoms with Crippen LogP contribution in [0.5, 0.6) is 0 Å². The first kappa shape index (κ1) is 23.4. The molecule has 30 heavy (non-hydrogen) atoms. The number of hydrogen-bond acceptors (Lipinski definition) is 10. The summed E-state index contributed by atoms with van der Waals surface area (Å²) < 4.78 is 54.4. The predicted molar refractivity (Wildman–Crippen MR) is 91.0 cm³/mol. The molecule has 12 nitrogen and oxygen atoms in total. The topological polar surface area (TPSA) is 156 Å². The number of amidine groups is 1. The van der Waals surface area contributed by atoms with Crippen molar-refractivity contribution in [2.45, 2.75) is 57.5 Å². The molecule has 5 atom stereocenters. The SMILES string of the molecule is COC1N([C@@H]2O[C@H](COC(C)=O)[C@@H](OC(C)=O)[C@H]2OC(C)=O)C(=O)N=C(N)C1(F)F. The summed E-state index contributed by atoms with van der Waals surface area (Å²) in [7, 11) is 0.896. The van der Waals surface area contributed by atoms with Crippen LogP contribution < -0.4 is 5.73 Å². The van der Waals surface area contributed by atoms with Gasteiger partial charge in [-0.05, 0) is 0 Å². The van der Waals surface area contributed by atoms with E-state index in [1.54, 1.807) is 0 Å². The van der Waals surface area contributed by atoms with E-state index in [9.17, 15) is 28.0 Å². The lowest BCUT2D eigenvalue weighted by Gasteiger charge is -2.41. The molecule has 1 fully saturated rings. The molecule has 0 aromatic rings. The fourth-order valence-electron chi connectivity index (χ4n) is 3.06. The van der Waals surface area contributed by atoms with Gasteiger partial charge in [0, 0.05) is 27.9 Å². The Morgan fingerprint density at radius 2 is 1.70 bits per heavy atom. The number of halogens is 2. The number of carbonyl (C=O) groups is 4. The molecule has 0 spiro atoms. The Kier molecular flexibility index (Phi) is 6.92. The molecular weight excluding hydrogens is 416 g/mol. The smallest absolute Gasteiger partial charge is 0.349 e. The van der Waals surface area contributed by atoms with E-state index >= 15 is 0 Å². The summed E-state index contributed by atoms with van der Waals surface area (Å²) in [4.78, 5) is 50.2. The molecule has 2 aliphatic rings. The molecule has 0 aliphatic carbocycles. The minimum Gasteiger partial charge on any atom is -0.463 e. The quantitative estimate of drug-likeness (QED) is 0.426. The number of carbonyl (C=O) groups excluding carboxylic acids is 4. The highest BCUT2D eigenvalue weighted by molar-refractivity contribution is 6.00. The van der Waals surface area contributed by atoms with Gasteiger partial charge in [0.1, 0.15) is 12.7 Å². The third-order valence-electron chi connectivity index (χ3n) is 4.18. The van der Waals surface area contributed by atoms with Crippen molar-refractivity contribution in [1.29, 1.82) is 0 Å². The summed E-state index contributed by atoms with van der Waals surface area (Å²) in [6.07, 6.45) is -8.19. The maximum Gasteiger partial charge on any atom is 0.349 e. The Morgan fingerprint density at radius 1 is 1.13 bits per heavy atom. The molecule has 2 aliphatic heterocycles. The molecule has 2 amide bonds. The summed E-state index contributed by atoms with van der Waals surface area (Å²) in [6, 6.07) is -1.26. The van der Waals surface area contributed by atoms with Crippen LogP contribution in [0.15, 0.2) is 4.99 Å². The molecule has 1 saturated heterocycles. The van der Waals surface area contributed by atoms with Gasteiger partial charge >= 0.3 is 29.9 Å². The molecule has 2 rings (SSSR count). The van der Waals surface area contributed by atoms with Crippen LogP contribution in [0.4, 0.5) is 13.6 Å². The predicted octanol–water partition coefficient (Wildman–Crippen LogP) is -0.462. The van der Waals surface area contributed by atoms with Gasteiger partial charge in [0.05, 0.1) is 0 Å². The average Bonchev–Trinajstić information content (AvgIpc) is 2.92. The first-order valence-corrected chi connectivity index (χ1v) is 8.61. The number of urea groups is 1. The maximum absolute atomic E-state index is 14.5. The summed E-state index contributed by atoms with van der Waals surface area (Å²) >= 11 is 0. The number of ether oxygens (including phenoxy) is 5. The van der Waals surface area contributed by atoms with Gasteiger partial charge in [-0.25, -0.2) is 4.79 Å². The number of nitrogens with two attached hydrogens (primary N) is 1. The molecule has 14 heteroatoms. The zero-order valence-corrected chi connectivity index (χ0v) is 16.5. The second kappa shape index (κ2) is 8.87. The number of aliphatic imine (C=N–C) groups is 1. The normalized spacial score (nSPS) is 30.5. The van der Waals surface area contributed by atoms with E-state index in [4.69, 9.17) is 29.4 Å². The highest BCUT2D eigenvalue weighted by Crippen LogP contribution is 2.37. The summed E-state index contributed by atoms with van der Waals surface area (Å²) in [5, 5.41) is 0. The number of hydrogen-bond donors (Lipinski definition) is 1. The lowest BCUT2D eigenvalue weighted by Crippen LogP contribution is -2.65. The minimum atomic E-state index is -3.91. The Labute approximate surface area is 169 Å². The number of methoxy groups -OCH3 is 1. The molecule has 0 aromatic heterocycles. The first-order chi connectivity index (χ1) is 13.9. The van der Waals surface area contributed by atoms with Crippen LogP contribution in [0, 0.1) is 0 Å². The highest BCUT2D eigenvalue weighted by atomic mass is 19.3. The van der Waals surface area contributed by atoms with Gasteiger partial charge in [-0.3, -0.25) is 19.3 Å². The number of alkyl halides is 2. The van der Waals surface area contributed by atoms with Gasteiger partial charge in [0.2, 0.25) is 6.23 Å². The van der Waals surface area contributed by atoms with E-state index in [1.165, 1.54) is 0 Å². The summed E-state index contributed by atoms with van der Waals surface area (Å²) in [6.45, 7) is 2.68. The van der Waals surface area contributed by atoms with Crippen LogP contribution in [0.2, 0.25) is 0 Å². The van der Waals surface area contributed by atoms with E-state index in [0.29, 0.717) is 4.90 Å². The number of nitrogens with zero attached hydrogens (tertiary/aromatic N) is 2. The van der Waals surface area contributed by atoms with Crippen LogP contribution in [0.25, 0.3) is 0 Å². The lowest BCUT2D eigenvalue weighted by molar-refractivity contribution is -0.205. The van der Waals surface area contributed by atoms with Gasteiger partial charge in [-0.1, -0.05) is 0 Å². The lowest BCUT2D eigenvalue weighted by atomic mass is 10.1. The van der Waals surface area contributed by atoms with Crippen molar-refractivity contribution in [2.75, 3.05) is 13.7 Å². The first-order valence-electron chi connectivity index (χ1n) is 8.61. The van der Waals surface area contributed by atoms with Crippen LogP contribution in [-0.2, 0) is 38.1 Å². The summed E-state index contributed by atoms with van der Waals surface area (Å²) in [5.41, 5.74) is 5.17. The van der Waals surface area contributed by atoms with E-state index < -0.39 is 73.1 Å². The molecule has 0 saturated carbocycles. The third-order valence-corrected chi connectivity index (χ3v) is 4.18. The standard InChI is InChI=1S/C16H21F2N3O9/c1-6(22)27-5-9-10(28-7(2)23)11(29-8(3)24)12(30-9)21-14(26-4)16(17,18)13(19)20-15(21)25/h9-12,14H,5H2,1-4H3,(H2,19,20,25)/t9-,10-,11-,12-,14?/m1/s1. The van der Waals surface area contributed by atoms with E-state index in [-0.39, 0.29) is 0 Å². The maximum atomic E-state index is 14.5. The largest absolute Gasteiger partial charge is 0.463 e. The van der Waals surface area contributed by atoms with Gasteiger partial charge in [0.15, 0.2) is 24.3 Å². The van der Waals surface area contributed by atoms with E-state index in [1.807, 2.05) is 0 Å². The molecule has 0 aromatic carbocycles. The van der Waals surface area contributed by atoms with Crippen molar-refractivity contribution in [2.24, 2.45) is 10.7 Å². The Hall–Kier alpha value is -2.87. The highest BCUT2D eigenvalue weighted by Gasteiger charge is 2.61. The molecular formula is C16H21F2N3O9. The Balaban J connectivity index is 2.48. The van der Waals surface area contributed by atoms with Crippen molar-refractivity contribution >= 4 is 29.8 Å². The molecule has 0 bridgehead atoms. The van der Waals surface area contributed by atoms with E-state index in [2.05, 4.69) is 4.99 Å². The Morgan fingerprint density at radius 3 is 2.20 bits per heavy atom. The Bertz CT molecular complexity index is 760. The van der Waals surface area contributed by atoms with Gasteiger partial charge in [0.25, 0.3) is 0 Å². The number of esters is 3. The second-order valence-corrected chi connectivity index (χ2v) is 6.41. The molecule has 1 unspecified atom stereocenters. The molecule has 168 valence electrons. The molecule has 2 heterocycles. The third kappa shape index (κ3) is 4.64.